The second-order valence-corrected chi connectivity index (χ2v) is 13.9. The lowest BCUT2D eigenvalue weighted by molar-refractivity contribution is 0.693. The van der Waals surface area contributed by atoms with E-state index in [1.807, 2.05) is 0 Å². The molecule has 3 heteroatoms. The van der Waals surface area contributed by atoms with Crippen LogP contribution >= 0.6 is 0 Å². The lowest BCUT2D eigenvalue weighted by atomic mass is 9.71. The summed E-state index contributed by atoms with van der Waals surface area (Å²) in [6.07, 6.45) is 0. The minimum absolute atomic E-state index is 0.407. The monoisotopic (exact) mass is 677 g/mol. The molecule has 0 atom stereocenters. The van der Waals surface area contributed by atoms with Crippen molar-refractivity contribution in [2.75, 3.05) is 0 Å². The highest BCUT2D eigenvalue weighted by Gasteiger charge is 2.32. The molecule has 2 heterocycles. The normalized spacial score (nSPS) is 11.9. The molecule has 2 aromatic heterocycles. The molecule has 0 saturated heterocycles. The van der Waals surface area contributed by atoms with E-state index in [-0.39, 0.29) is 0 Å². The number of para-hydroxylation sites is 1. The van der Waals surface area contributed by atoms with Crippen molar-refractivity contribution in [2.24, 2.45) is 0 Å². The standard InChI is InChI=1S/C50H35N3/c1-50(38-18-7-3-8-19-38,39-20-9-4-10-21-39)40-30-31-43-46(33-40)53(45-32-29-36-17-11-12-22-41(36)47(43)45)49-51-44-24-14-13-23-42(44)48(52-49)37-27-25-35(26-28-37)34-15-5-2-6-16-34/h2-33H,1H3. The summed E-state index contributed by atoms with van der Waals surface area (Å²) < 4.78 is 2.28. The molecule has 0 unspecified atom stereocenters. The molecule has 0 amide bonds. The van der Waals surface area contributed by atoms with Gasteiger partial charge in [-0.25, -0.2) is 9.97 Å². The summed E-state index contributed by atoms with van der Waals surface area (Å²) in [5, 5.41) is 5.83. The van der Waals surface area contributed by atoms with Gasteiger partial charge in [0.2, 0.25) is 5.95 Å². The van der Waals surface area contributed by atoms with Gasteiger partial charge in [-0.05, 0) is 63.7 Å². The first-order valence-electron chi connectivity index (χ1n) is 18.2. The van der Waals surface area contributed by atoms with Crippen molar-refractivity contribution < 1.29 is 0 Å². The molecule has 3 nitrogen and oxygen atoms in total. The van der Waals surface area contributed by atoms with Crippen LogP contribution in [-0.2, 0) is 5.41 Å². The summed E-state index contributed by atoms with van der Waals surface area (Å²) in [7, 11) is 0. The van der Waals surface area contributed by atoms with Gasteiger partial charge in [-0.15, -0.1) is 0 Å². The molecule has 0 saturated carbocycles. The third-order valence-electron chi connectivity index (χ3n) is 11.0. The predicted octanol–water partition coefficient (Wildman–Crippen LogP) is 12.6. The number of rotatable bonds is 6. The van der Waals surface area contributed by atoms with Gasteiger partial charge in [0, 0.05) is 27.1 Å². The largest absolute Gasteiger partial charge is 0.278 e. The van der Waals surface area contributed by atoms with Gasteiger partial charge in [0.05, 0.1) is 22.2 Å². The summed E-state index contributed by atoms with van der Waals surface area (Å²) in [4.78, 5) is 10.8. The zero-order valence-electron chi connectivity index (χ0n) is 29.3. The Kier molecular flexibility index (Phi) is 7.26. The van der Waals surface area contributed by atoms with Crippen molar-refractivity contribution >= 4 is 43.5 Å². The van der Waals surface area contributed by atoms with E-state index in [2.05, 4.69) is 206 Å². The zero-order chi connectivity index (χ0) is 35.4. The molecular weight excluding hydrogens is 643 g/mol. The average molecular weight is 678 g/mol. The Morgan fingerprint density at radius 2 is 1.00 bits per heavy atom. The SMILES string of the molecule is CC(c1ccccc1)(c1ccccc1)c1ccc2c3c4ccccc4ccc3n(-c3nc(-c4ccc(-c5ccccc5)cc4)c4ccccc4n3)c2c1. The first-order chi connectivity index (χ1) is 26.2. The number of hydrogen-bond donors (Lipinski definition) is 0. The van der Waals surface area contributed by atoms with E-state index < -0.39 is 5.41 Å². The van der Waals surface area contributed by atoms with Crippen molar-refractivity contribution in [1.29, 1.82) is 0 Å². The molecule has 0 fully saturated rings. The van der Waals surface area contributed by atoms with Gasteiger partial charge in [-0.3, -0.25) is 4.57 Å². The number of benzene rings is 8. The maximum atomic E-state index is 5.46. The van der Waals surface area contributed by atoms with Gasteiger partial charge < -0.3 is 0 Å². The highest BCUT2D eigenvalue weighted by molar-refractivity contribution is 6.21. The fourth-order valence-electron chi connectivity index (χ4n) is 8.19. The first kappa shape index (κ1) is 30.9. The molecule has 53 heavy (non-hydrogen) atoms. The lowest BCUT2D eigenvalue weighted by Gasteiger charge is -2.32. The molecule has 8 aromatic carbocycles. The minimum atomic E-state index is -0.407. The number of aromatic nitrogens is 3. The van der Waals surface area contributed by atoms with Crippen molar-refractivity contribution in [3.8, 4) is 28.3 Å². The molecule has 10 rings (SSSR count). The Balaban J connectivity index is 1.26. The van der Waals surface area contributed by atoms with E-state index in [1.165, 1.54) is 49.4 Å². The van der Waals surface area contributed by atoms with E-state index in [1.54, 1.807) is 0 Å². The molecule has 10 aromatic rings. The summed E-state index contributed by atoms with van der Waals surface area (Å²) in [5.41, 5.74) is 10.7. The summed E-state index contributed by atoms with van der Waals surface area (Å²) >= 11 is 0. The molecule has 0 aliphatic carbocycles. The average Bonchev–Trinajstić information content (AvgIpc) is 3.58. The molecule has 0 aliphatic rings. The lowest BCUT2D eigenvalue weighted by Crippen LogP contribution is -2.25. The molecule has 0 N–H and O–H groups in total. The van der Waals surface area contributed by atoms with Crippen LogP contribution in [0, 0.1) is 0 Å². The molecule has 0 spiro atoms. The Labute approximate surface area is 308 Å². The van der Waals surface area contributed by atoms with Gasteiger partial charge in [0.1, 0.15) is 0 Å². The van der Waals surface area contributed by atoms with E-state index in [0.29, 0.717) is 5.95 Å². The quantitative estimate of drug-likeness (QED) is 0.164. The van der Waals surface area contributed by atoms with Crippen LogP contribution in [0.3, 0.4) is 0 Å². The van der Waals surface area contributed by atoms with Gasteiger partial charge in [-0.2, -0.15) is 0 Å². The van der Waals surface area contributed by atoms with Crippen LogP contribution in [0.4, 0.5) is 0 Å². The number of fused-ring (bicyclic) bond motifs is 6. The molecule has 0 bridgehead atoms. The van der Waals surface area contributed by atoms with E-state index >= 15 is 0 Å². The van der Waals surface area contributed by atoms with Crippen LogP contribution in [0.1, 0.15) is 23.6 Å². The van der Waals surface area contributed by atoms with Crippen LogP contribution in [0.15, 0.2) is 194 Å². The van der Waals surface area contributed by atoms with Crippen molar-refractivity contribution in [3.63, 3.8) is 0 Å². The maximum Gasteiger partial charge on any atom is 0.235 e. The predicted molar refractivity (Wildman–Crippen MR) is 221 cm³/mol. The maximum absolute atomic E-state index is 5.46. The van der Waals surface area contributed by atoms with Crippen LogP contribution in [0.25, 0.3) is 71.8 Å². The van der Waals surface area contributed by atoms with Crippen LogP contribution in [-0.4, -0.2) is 14.5 Å². The first-order valence-corrected chi connectivity index (χ1v) is 18.2. The van der Waals surface area contributed by atoms with Crippen LogP contribution in [0.5, 0.6) is 0 Å². The second kappa shape index (κ2) is 12.4. The highest BCUT2D eigenvalue weighted by Crippen LogP contribution is 2.43. The van der Waals surface area contributed by atoms with Crippen molar-refractivity contribution in [2.45, 2.75) is 12.3 Å². The fourth-order valence-corrected chi connectivity index (χ4v) is 8.19. The summed E-state index contributed by atoms with van der Waals surface area (Å²) in [5.74, 6) is 0.652. The highest BCUT2D eigenvalue weighted by atomic mass is 15.2. The van der Waals surface area contributed by atoms with Gasteiger partial charge in [-0.1, -0.05) is 176 Å². The zero-order valence-corrected chi connectivity index (χ0v) is 29.3. The van der Waals surface area contributed by atoms with Crippen LogP contribution in [0.2, 0.25) is 0 Å². The van der Waals surface area contributed by atoms with Gasteiger partial charge in [0.25, 0.3) is 0 Å². The molecule has 0 radical (unpaired) electrons. The summed E-state index contributed by atoms with van der Waals surface area (Å²) in [6, 6.07) is 69.4. The Morgan fingerprint density at radius 1 is 0.415 bits per heavy atom. The Morgan fingerprint density at radius 3 is 1.72 bits per heavy atom. The summed E-state index contributed by atoms with van der Waals surface area (Å²) in [6.45, 7) is 2.34. The molecule has 0 aliphatic heterocycles. The fraction of sp³-hybridized carbons (Fsp3) is 0.0400. The van der Waals surface area contributed by atoms with E-state index in [0.717, 1.165) is 33.2 Å². The van der Waals surface area contributed by atoms with Crippen molar-refractivity contribution in [3.05, 3.63) is 211 Å². The minimum Gasteiger partial charge on any atom is -0.278 e. The van der Waals surface area contributed by atoms with E-state index in [4.69, 9.17) is 9.97 Å². The second-order valence-electron chi connectivity index (χ2n) is 13.9. The third-order valence-corrected chi connectivity index (χ3v) is 11.0. The Bertz CT molecular complexity index is 2890. The van der Waals surface area contributed by atoms with Gasteiger partial charge >= 0.3 is 0 Å². The molecule has 250 valence electrons. The topological polar surface area (TPSA) is 30.7 Å². The van der Waals surface area contributed by atoms with Gasteiger partial charge in [0.15, 0.2) is 0 Å². The van der Waals surface area contributed by atoms with E-state index in [9.17, 15) is 0 Å². The van der Waals surface area contributed by atoms with Crippen molar-refractivity contribution in [1.82, 2.24) is 14.5 Å². The Hall–Kier alpha value is -6.84. The molecular formula is C50H35N3. The third kappa shape index (κ3) is 5.04. The number of nitrogens with zero attached hydrogens (tertiary/aromatic N) is 3. The van der Waals surface area contributed by atoms with Crippen LogP contribution < -0.4 is 0 Å². The smallest absolute Gasteiger partial charge is 0.235 e. The number of hydrogen-bond acceptors (Lipinski definition) is 2.